The van der Waals surface area contributed by atoms with Gasteiger partial charge >= 0.3 is 0 Å². The monoisotopic (exact) mass is 467 g/mol. The topological polar surface area (TPSA) is 91.7 Å². The molecular weight excluding hydrogens is 441 g/mol. The summed E-state index contributed by atoms with van der Waals surface area (Å²) in [6, 6.07) is 15.3. The minimum atomic E-state index is -0.855. The number of aromatic nitrogens is 2. The maximum atomic E-state index is 13.3. The van der Waals surface area contributed by atoms with Crippen LogP contribution >= 0.6 is 0 Å². The number of amides is 1. The first-order valence-electron chi connectivity index (χ1n) is 10.9. The van der Waals surface area contributed by atoms with Crippen molar-refractivity contribution >= 4 is 5.91 Å². The molecule has 1 N–H and O–H groups in total. The average Bonchev–Trinajstić information content (AvgIpc) is 2.83. The van der Waals surface area contributed by atoms with Crippen LogP contribution in [0.2, 0.25) is 0 Å². The van der Waals surface area contributed by atoms with Crippen molar-refractivity contribution in [2.75, 3.05) is 13.4 Å². The minimum absolute atomic E-state index is 0.128. The molecule has 2 heterocycles. The summed E-state index contributed by atoms with van der Waals surface area (Å²) in [5, 5.41) is 2.72. The van der Waals surface area contributed by atoms with E-state index in [2.05, 4.69) is 10.3 Å². The highest BCUT2D eigenvalue weighted by Crippen LogP contribution is 2.27. The van der Waals surface area contributed by atoms with Crippen LogP contribution < -0.4 is 15.6 Å². The molecule has 0 spiro atoms. The van der Waals surface area contributed by atoms with Gasteiger partial charge in [-0.05, 0) is 37.1 Å². The number of hydrogen-bond donors (Lipinski definition) is 1. The third-order valence-corrected chi connectivity index (χ3v) is 5.42. The Labute approximate surface area is 196 Å². The van der Waals surface area contributed by atoms with Crippen LogP contribution in [-0.4, -0.2) is 28.9 Å². The lowest BCUT2D eigenvalue weighted by Crippen LogP contribution is -2.43. The van der Waals surface area contributed by atoms with Crippen molar-refractivity contribution in [3.8, 4) is 5.75 Å². The van der Waals surface area contributed by atoms with E-state index in [0.717, 1.165) is 5.56 Å². The van der Waals surface area contributed by atoms with Crippen molar-refractivity contribution in [1.29, 1.82) is 0 Å². The molecule has 8 nitrogen and oxygen atoms in total. The predicted octanol–water partition coefficient (Wildman–Crippen LogP) is 3.13. The molecule has 0 saturated carbocycles. The number of benzene rings is 2. The second-order valence-corrected chi connectivity index (χ2v) is 8.33. The normalized spacial score (nSPS) is 14.3. The maximum Gasteiger partial charge on any atom is 0.297 e. The fourth-order valence-electron chi connectivity index (χ4n) is 3.65. The van der Waals surface area contributed by atoms with E-state index in [-0.39, 0.29) is 37.2 Å². The average molecular weight is 467 g/mol. The van der Waals surface area contributed by atoms with Crippen molar-refractivity contribution in [3.63, 3.8) is 0 Å². The number of carbonyl (C=O) groups is 1. The number of halogens is 1. The first-order valence-corrected chi connectivity index (χ1v) is 10.9. The van der Waals surface area contributed by atoms with Crippen LogP contribution in [0.25, 0.3) is 0 Å². The molecule has 178 valence electrons. The van der Waals surface area contributed by atoms with E-state index in [4.69, 9.17) is 14.2 Å². The largest absolute Gasteiger partial charge is 0.459 e. The Balaban J connectivity index is 1.57. The number of ether oxygens (including phenoxy) is 3. The number of nitrogens with one attached hydrogen (secondary N) is 1. The highest BCUT2D eigenvalue weighted by atomic mass is 19.1. The van der Waals surface area contributed by atoms with E-state index < -0.39 is 17.1 Å². The quantitative estimate of drug-likeness (QED) is 0.404. The Kier molecular flexibility index (Phi) is 7.04. The highest BCUT2D eigenvalue weighted by molar-refractivity contribution is 5.94. The molecule has 4 rings (SSSR count). The second kappa shape index (κ2) is 10.1. The van der Waals surface area contributed by atoms with Gasteiger partial charge in [0.2, 0.25) is 5.75 Å². The number of fused-ring (bicyclic) bond motifs is 1. The van der Waals surface area contributed by atoms with Crippen LogP contribution in [0.4, 0.5) is 4.39 Å². The van der Waals surface area contributed by atoms with E-state index in [1.165, 1.54) is 16.7 Å². The predicted molar refractivity (Wildman–Crippen MR) is 122 cm³/mol. The van der Waals surface area contributed by atoms with E-state index in [1.54, 1.807) is 26.0 Å². The molecule has 0 unspecified atom stereocenters. The van der Waals surface area contributed by atoms with Gasteiger partial charge in [0.05, 0.1) is 19.8 Å². The molecule has 0 fully saturated rings. The molecule has 1 aliphatic rings. The van der Waals surface area contributed by atoms with Crippen molar-refractivity contribution in [1.82, 2.24) is 14.9 Å². The lowest BCUT2D eigenvalue weighted by molar-refractivity contribution is -0.0573. The number of nitrogens with zero attached hydrogens (tertiary/aromatic N) is 2. The van der Waals surface area contributed by atoms with E-state index in [0.29, 0.717) is 24.5 Å². The standard InChI is InChI=1S/C25H26FN3O5/c1-25(2)24-28-20(22(30)27-14-17-8-10-19(26)11-9-17)21(23(31)29(24)12-13-34-25)33-16-32-15-18-6-4-3-5-7-18/h3-11H,12-16H2,1-2H3,(H,27,30). The number of hydrogen-bond acceptors (Lipinski definition) is 6. The summed E-state index contributed by atoms with van der Waals surface area (Å²) >= 11 is 0. The molecule has 0 aliphatic carbocycles. The molecule has 1 aromatic heterocycles. The summed E-state index contributed by atoms with van der Waals surface area (Å²) in [5.74, 6) is -0.809. The van der Waals surface area contributed by atoms with E-state index in [1.807, 2.05) is 30.3 Å². The Morgan fingerprint density at radius 1 is 1.15 bits per heavy atom. The zero-order chi connectivity index (χ0) is 24.1. The molecule has 2 aromatic carbocycles. The van der Waals surface area contributed by atoms with Crippen LogP contribution in [0, 0.1) is 5.82 Å². The van der Waals surface area contributed by atoms with Crippen molar-refractivity contribution < 1.29 is 23.4 Å². The van der Waals surface area contributed by atoms with Gasteiger partial charge in [-0.2, -0.15) is 0 Å². The molecular formula is C25H26FN3O5. The van der Waals surface area contributed by atoms with Crippen molar-refractivity contribution in [2.45, 2.75) is 39.1 Å². The Morgan fingerprint density at radius 3 is 2.62 bits per heavy atom. The van der Waals surface area contributed by atoms with Gasteiger partial charge in [0, 0.05) is 6.54 Å². The van der Waals surface area contributed by atoms with Gasteiger partial charge in [-0.25, -0.2) is 9.37 Å². The summed E-state index contributed by atoms with van der Waals surface area (Å²) in [4.78, 5) is 30.8. The summed E-state index contributed by atoms with van der Waals surface area (Å²) in [6.07, 6.45) is 0. The molecule has 3 aromatic rings. The van der Waals surface area contributed by atoms with Gasteiger partial charge < -0.3 is 19.5 Å². The van der Waals surface area contributed by atoms with Gasteiger partial charge in [0.25, 0.3) is 11.5 Å². The number of carbonyl (C=O) groups excluding carboxylic acids is 1. The van der Waals surface area contributed by atoms with Crippen molar-refractivity contribution in [3.05, 3.63) is 93.4 Å². The highest BCUT2D eigenvalue weighted by Gasteiger charge is 2.34. The summed E-state index contributed by atoms with van der Waals surface area (Å²) in [5.41, 5.74) is 0.160. The maximum absolute atomic E-state index is 13.3. The van der Waals surface area contributed by atoms with Crippen LogP contribution in [0.15, 0.2) is 59.4 Å². The summed E-state index contributed by atoms with van der Waals surface area (Å²) in [6.45, 7) is 4.38. The van der Waals surface area contributed by atoms with Crippen LogP contribution in [-0.2, 0) is 34.8 Å². The Hall–Kier alpha value is -3.56. The molecule has 0 saturated heterocycles. The first kappa shape index (κ1) is 23.6. The van der Waals surface area contributed by atoms with E-state index >= 15 is 0 Å². The second-order valence-electron chi connectivity index (χ2n) is 8.33. The zero-order valence-electron chi connectivity index (χ0n) is 19.0. The molecule has 0 atom stereocenters. The number of rotatable bonds is 8. The zero-order valence-corrected chi connectivity index (χ0v) is 19.0. The van der Waals surface area contributed by atoms with Crippen LogP contribution in [0.1, 0.15) is 41.3 Å². The summed E-state index contributed by atoms with van der Waals surface area (Å²) in [7, 11) is 0. The fourth-order valence-corrected chi connectivity index (χ4v) is 3.65. The van der Waals surface area contributed by atoms with Crippen LogP contribution in [0.3, 0.4) is 0 Å². The van der Waals surface area contributed by atoms with Crippen LogP contribution in [0.5, 0.6) is 5.75 Å². The van der Waals surface area contributed by atoms with Gasteiger partial charge in [-0.15, -0.1) is 0 Å². The van der Waals surface area contributed by atoms with Gasteiger partial charge in [0.1, 0.15) is 17.2 Å². The lowest BCUT2D eigenvalue weighted by Gasteiger charge is -2.32. The minimum Gasteiger partial charge on any atom is -0.459 e. The van der Waals surface area contributed by atoms with Gasteiger partial charge in [0.15, 0.2) is 12.5 Å². The lowest BCUT2D eigenvalue weighted by atomic mass is 10.1. The SMILES string of the molecule is CC1(C)OCCn2c1nc(C(=O)NCc1ccc(F)cc1)c(OCOCc1ccccc1)c2=O. The first-order chi connectivity index (χ1) is 16.3. The van der Waals surface area contributed by atoms with Gasteiger partial charge in [-0.1, -0.05) is 42.5 Å². The van der Waals surface area contributed by atoms with Crippen molar-refractivity contribution in [2.24, 2.45) is 0 Å². The van der Waals surface area contributed by atoms with Gasteiger partial charge in [-0.3, -0.25) is 14.2 Å². The molecule has 34 heavy (non-hydrogen) atoms. The third kappa shape index (κ3) is 5.32. The Morgan fingerprint density at radius 2 is 1.88 bits per heavy atom. The molecule has 0 bridgehead atoms. The molecule has 1 amide bonds. The smallest absolute Gasteiger partial charge is 0.297 e. The summed E-state index contributed by atoms with van der Waals surface area (Å²) < 4.78 is 31.6. The van der Waals surface area contributed by atoms with E-state index in [9.17, 15) is 14.0 Å². The fraction of sp³-hybridized carbons (Fsp3) is 0.320. The Bertz CT molecular complexity index is 1210. The molecule has 0 radical (unpaired) electrons. The molecule has 9 heteroatoms. The third-order valence-electron chi connectivity index (χ3n) is 5.42. The molecule has 1 aliphatic heterocycles.